The number of hydrogen-bond acceptors (Lipinski definition) is 3. The molecule has 2 aliphatic heterocycles. The quantitative estimate of drug-likeness (QED) is 0.264. The maximum absolute atomic E-state index is 13.1. The molecular formula is C33H60N2O. The van der Waals surface area contributed by atoms with Gasteiger partial charge in [0.25, 0.3) is 0 Å². The van der Waals surface area contributed by atoms with E-state index in [9.17, 15) is 4.79 Å². The first-order chi connectivity index (χ1) is 16.4. The summed E-state index contributed by atoms with van der Waals surface area (Å²) in [6.07, 6.45) is 16.4. The lowest BCUT2D eigenvalue weighted by molar-refractivity contribution is -0.117. The van der Waals surface area contributed by atoms with Crippen molar-refractivity contribution in [2.75, 3.05) is 13.1 Å². The van der Waals surface area contributed by atoms with Crippen LogP contribution >= 0.6 is 0 Å². The minimum atomic E-state index is 0.00176. The van der Waals surface area contributed by atoms with E-state index in [-0.39, 0.29) is 16.5 Å². The number of carbonyl (C=O) groups is 1. The van der Waals surface area contributed by atoms with Crippen LogP contribution < -0.4 is 0 Å². The van der Waals surface area contributed by atoms with Crippen LogP contribution in [0.1, 0.15) is 140 Å². The fraction of sp³-hybridized carbons (Fsp3) is 0.848. The third-order valence-corrected chi connectivity index (χ3v) is 8.89. The molecule has 0 radical (unpaired) electrons. The molecule has 2 heterocycles. The Bertz CT molecular complexity index is 787. The summed E-state index contributed by atoms with van der Waals surface area (Å²) in [5.74, 6) is 1.03. The summed E-state index contributed by atoms with van der Waals surface area (Å²) < 4.78 is 0. The van der Waals surface area contributed by atoms with Crippen molar-refractivity contribution in [2.24, 2.45) is 16.7 Å². The van der Waals surface area contributed by atoms with E-state index in [4.69, 9.17) is 0 Å². The van der Waals surface area contributed by atoms with E-state index in [2.05, 4.69) is 98.4 Å². The molecule has 2 rings (SSSR count). The van der Waals surface area contributed by atoms with E-state index in [0.29, 0.717) is 23.5 Å². The van der Waals surface area contributed by atoms with Gasteiger partial charge in [0, 0.05) is 42.4 Å². The van der Waals surface area contributed by atoms with Crippen molar-refractivity contribution in [3.63, 3.8) is 0 Å². The Morgan fingerprint density at radius 3 is 1.81 bits per heavy atom. The first-order valence-corrected chi connectivity index (χ1v) is 15.0. The number of rotatable bonds is 11. The first-order valence-electron chi connectivity index (χ1n) is 15.0. The molecule has 0 aliphatic carbocycles. The molecule has 0 fully saturated rings. The molecule has 36 heavy (non-hydrogen) atoms. The Balaban J connectivity index is 1.71. The monoisotopic (exact) mass is 500 g/mol. The standard InChI is InChI=1S/C33H60N2O/c1-26(27-24-34(30(2,3)4)22-20-32(27,8)9)18-16-14-12-13-15-17-19-29(36)28-25-35(31(5,6)7)23-21-33(28,10)11/h24-26H,12-23H2,1-11H3. The molecule has 208 valence electrons. The van der Waals surface area contributed by atoms with Crippen LogP contribution in [0.3, 0.4) is 0 Å². The Kier molecular flexibility index (Phi) is 10.4. The Morgan fingerprint density at radius 1 is 0.778 bits per heavy atom. The molecular weight excluding hydrogens is 440 g/mol. The van der Waals surface area contributed by atoms with E-state index in [1.807, 2.05) is 0 Å². The van der Waals surface area contributed by atoms with Crippen molar-refractivity contribution in [3.05, 3.63) is 23.5 Å². The predicted octanol–water partition coefficient (Wildman–Crippen LogP) is 9.14. The lowest BCUT2D eigenvalue weighted by Crippen LogP contribution is -2.44. The minimum Gasteiger partial charge on any atom is -0.373 e. The highest BCUT2D eigenvalue weighted by molar-refractivity contribution is 5.96. The fourth-order valence-corrected chi connectivity index (χ4v) is 5.92. The summed E-state index contributed by atoms with van der Waals surface area (Å²) in [4.78, 5) is 18.0. The zero-order valence-corrected chi connectivity index (χ0v) is 26.0. The van der Waals surface area contributed by atoms with Gasteiger partial charge >= 0.3 is 0 Å². The lowest BCUT2D eigenvalue weighted by atomic mass is 9.72. The normalized spacial score (nSPS) is 21.2. The average molecular weight is 501 g/mol. The van der Waals surface area contributed by atoms with Gasteiger partial charge in [0.2, 0.25) is 0 Å². The second kappa shape index (κ2) is 12.1. The van der Waals surface area contributed by atoms with Crippen molar-refractivity contribution in [2.45, 2.75) is 151 Å². The zero-order chi connectivity index (χ0) is 27.4. The van der Waals surface area contributed by atoms with Gasteiger partial charge in [0.05, 0.1) is 0 Å². The van der Waals surface area contributed by atoms with Gasteiger partial charge in [-0.1, -0.05) is 66.7 Å². The summed E-state index contributed by atoms with van der Waals surface area (Å²) >= 11 is 0. The van der Waals surface area contributed by atoms with Gasteiger partial charge in [-0.2, -0.15) is 0 Å². The molecule has 3 heteroatoms. The molecule has 1 unspecified atom stereocenters. The van der Waals surface area contributed by atoms with Crippen LogP contribution in [0.2, 0.25) is 0 Å². The SMILES string of the molecule is CC(CCCCCCCCC(=O)C1=CN(C(C)(C)C)CCC1(C)C)C1=CN(C(C)(C)C)CCC1(C)C. The summed E-state index contributed by atoms with van der Waals surface area (Å²) in [7, 11) is 0. The van der Waals surface area contributed by atoms with E-state index in [1.165, 1.54) is 51.5 Å². The first kappa shape index (κ1) is 31.0. The van der Waals surface area contributed by atoms with E-state index >= 15 is 0 Å². The van der Waals surface area contributed by atoms with E-state index < -0.39 is 0 Å². The number of allylic oxidation sites excluding steroid dienone is 2. The lowest BCUT2D eigenvalue weighted by Gasteiger charge is -2.45. The molecule has 0 aromatic carbocycles. The largest absolute Gasteiger partial charge is 0.373 e. The highest BCUT2D eigenvalue weighted by atomic mass is 16.1. The second-order valence-electron chi connectivity index (χ2n) is 15.1. The molecule has 3 nitrogen and oxygen atoms in total. The number of unbranched alkanes of at least 4 members (excludes halogenated alkanes) is 5. The Morgan fingerprint density at radius 2 is 1.25 bits per heavy atom. The Hall–Kier alpha value is -1.25. The van der Waals surface area contributed by atoms with Crippen molar-refractivity contribution in [3.8, 4) is 0 Å². The smallest absolute Gasteiger partial charge is 0.160 e. The van der Waals surface area contributed by atoms with Gasteiger partial charge in [0.15, 0.2) is 5.78 Å². The molecule has 0 N–H and O–H groups in total. The van der Waals surface area contributed by atoms with Crippen LogP contribution in [0.4, 0.5) is 0 Å². The molecule has 2 aliphatic rings. The maximum atomic E-state index is 13.1. The highest BCUT2D eigenvalue weighted by Crippen LogP contribution is 2.42. The van der Waals surface area contributed by atoms with Crippen molar-refractivity contribution < 1.29 is 4.79 Å². The second-order valence-corrected chi connectivity index (χ2v) is 15.1. The van der Waals surface area contributed by atoms with Crippen molar-refractivity contribution >= 4 is 5.78 Å². The van der Waals surface area contributed by atoms with Crippen LogP contribution in [0, 0.1) is 16.7 Å². The predicted molar refractivity (Wildman–Crippen MR) is 157 cm³/mol. The van der Waals surface area contributed by atoms with Crippen LogP contribution in [0.15, 0.2) is 23.5 Å². The molecule has 0 amide bonds. The molecule has 0 saturated heterocycles. The van der Waals surface area contributed by atoms with Crippen LogP contribution in [0.5, 0.6) is 0 Å². The summed E-state index contributed by atoms with van der Waals surface area (Å²) in [5.41, 5.74) is 3.30. The average Bonchev–Trinajstić information content (AvgIpc) is 2.72. The number of ketones is 1. The van der Waals surface area contributed by atoms with Gasteiger partial charge in [-0.15, -0.1) is 0 Å². The third-order valence-electron chi connectivity index (χ3n) is 8.89. The summed E-state index contributed by atoms with van der Waals surface area (Å²) in [6.45, 7) is 27.7. The molecule has 0 saturated carbocycles. The number of hydrogen-bond donors (Lipinski definition) is 0. The van der Waals surface area contributed by atoms with Gasteiger partial charge < -0.3 is 9.80 Å². The Labute approximate surface area is 225 Å². The summed E-state index contributed by atoms with van der Waals surface area (Å²) in [5, 5.41) is 0. The minimum absolute atomic E-state index is 0.00176. The van der Waals surface area contributed by atoms with Gasteiger partial charge in [-0.3, -0.25) is 4.79 Å². The molecule has 0 aromatic heterocycles. The number of nitrogens with zero attached hydrogens (tertiary/aromatic N) is 2. The van der Waals surface area contributed by atoms with E-state index in [0.717, 1.165) is 25.0 Å². The van der Waals surface area contributed by atoms with Gasteiger partial charge in [-0.05, 0) is 95.7 Å². The van der Waals surface area contributed by atoms with Gasteiger partial charge in [0.1, 0.15) is 0 Å². The topological polar surface area (TPSA) is 23.6 Å². The summed E-state index contributed by atoms with van der Waals surface area (Å²) in [6, 6.07) is 0. The molecule has 0 aromatic rings. The third kappa shape index (κ3) is 8.66. The highest BCUT2D eigenvalue weighted by Gasteiger charge is 2.36. The van der Waals surface area contributed by atoms with Crippen LogP contribution in [-0.4, -0.2) is 39.8 Å². The van der Waals surface area contributed by atoms with Crippen molar-refractivity contribution in [1.29, 1.82) is 0 Å². The van der Waals surface area contributed by atoms with Gasteiger partial charge in [-0.25, -0.2) is 0 Å². The zero-order valence-electron chi connectivity index (χ0n) is 26.0. The molecule has 1 atom stereocenters. The number of Topliss-reactive ketones (excluding diaryl/α,β-unsaturated/α-hetero) is 1. The molecule has 0 spiro atoms. The van der Waals surface area contributed by atoms with Crippen LogP contribution in [-0.2, 0) is 4.79 Å². The molecule has 0 bridgehead atoms. The number of carbonyl (C=O) groups excluding carboxylic acids is 1. The fourth-order valence-electron chi connectivity index (χ4n) is 5.92. The van der Waals surface area contributed by atoms with Crippen LogP contribution in [0.25, 0.3) is 0 Å². The van der Waals surface area contributed by atoms with Crippen molar-refractivity contribution in [1.82, 2.24) is 9.80 Å². The maximum Gasteiger partial charge on any atom is 0.160 e. The van der Waals surface area contributed by atoms with E-state index in [1.54, 1.807) is 5.57 Å².